The van der Waals surface area contributed by atoms with E-state index in [2.05, 4.69) is 37.9 Å². The summed E-state index contributed by atoms with van der Waals surface area (Å²) < 4.78 is 0. The first-order valence-corrected chi connectivity index (χ1v) is 6.30. The highest BCUT2D eigenvalue weighted by Gasteiger charge is 2.06. The van der Waals surface area contributed by atoms with Gasteiger partial charge in [-0.3, -0.25) is 0 Å². The lowest BCUT2D eigenvalue weighted by atomic mass is 10.1. The van der Waals surface area contributed by atoms with Crippen LogP contribution in [0.4, 0.5) is 0 Å². The van der Waals surface area contributed by atoms with Gasteiger partial charge in [-0.15, -0.1) is 0 Å². The van der Waals surface area contributed by atoms with Gasteiger partial charge in [0.25, 0.3) is 0 Å². The van der Waals surface area contributed by atoms with Crippen LogP contribution >= 0.6 is 0 Å². The molecule has 0 amide bonds. The van der Waals surface area contributed by atoms with E-state index in [9.17, 15) is 0 Å². The molecule has 15 heavy (non-hydrogen) atoms. The molecule has 0 saturated heterocycles. The van der Waals surface area contributed by atoms with Crippen LogP contribution in [0.25, 0.3) is 0 Å². The van der Waals surface area contributed by atoms with Crippen LogP contribution in [0, 0.1) is 5.92 Å². The molecule has 0 saturated carbocycles. The first kappa shape index (κ1) is 14.9. The van der Waals surface area contributed by atoms with Gasteiger partial charge in [-0.2, -0.15) is 0 Å². The summed E-state index contributed by atoms with van der Waals surface area (Å²) in [5.41, 5.74) is 5.94. The standard InChI is InChI=1S/C12H29N3/c1-5-15(6-2)9-7-8-14-10-12(13)11(3)4/h11-12,14H,5-10,13H2,1-4H3. The molecule has 3 N–H and O–H groups in total. The Kier molecular flexibility index (Phi) is 9.06. The van der Waals surface area contributed by atoms with Crippen LogP contribution in [0.3, 0.4) is 0 Å². The summed E-state index contributed by atoms with van der Waals surface area (Å²) in [6.07, 6.45) is 1.21. The summed E-state index contributed by atoms with van der Waals surface area (Å²) in [7, 11) is 0. The van der Waals surface area contributed by atoms with Gasteiger partial charge in [0.2, 0.25) is 0 Å². The molecular weight excluding hydrogens is 186 g/mol. The normalized spacial score (nSPS) is 13.8. The molecule has 0 rings (SSSR count). The zero-order chi connectivity index (χ0) is 11.7. The number of hydrogen-bond donors (Lipinski definition) is 2. The molecule has 0 radical (unpaired) electrons. The van der Waals surface area contributed by atoms with Crippen molar-refractivity contribution in [1.82, 2.24) is 10.2 Å². The fraction of sp³-hybridized carbons (Fsp3) is 1.00. The van der Waals surface area contributed by atoms with Gasteiger partial charge in [0.05, 0.1) is 0 Å². The maximum absolute atomic E-state index is 5.94. The summed E-state index contributed by atoms with van der Waals surface area (Å²) >= 11 is 0. The van der Waals surface area contributed by atoms with Crippen molar-refractivity contribution in [3.8, 4) is 0 Å². The molecule has 1 unspecified atom stereocenters. The number of rotatable bonds is 9. The summed E-state index contributed by atoms with van der Waals surface area (Å²) in [6, 6.07) is 0.290. The highest BCUT2D eigenvalue weighted by Crippen LogP contribution is 1.96. The third-order valence-corrected chi connectivity index (χ3v) is 2.96. The predicted molar refractivity (Wildman–Crippen MR) is 68.1 cm³/mol. The van der Waals surface area contributed by atoms with Crippen molar-refractivity contribution in [2.45, 2.75) is 40.2 Å². The summed E-state index contributed by atoms with van der Waals surface area (Å²) in [4.78, 5) is 2.45. The minimum atomic E-state index is 0.290. The SMILES string of the molecule is CCN(CC)CCCNCC(N)C(C)C. The van der Waals surface area contributed by atoms with Crippen LogP contribution in [0.5, 0.6) is 0 Å². The Morgan fingerprint density at radius 3 is 2.27 bits per heavy atom. The Morgan fingerprint density at radius 1 is 1.20 bits per heavy atom. The molecule has 0 aromatic rings. The van der Waals surface area contributed by atoms with Crippen LogP contribution in [-0.4, -0.2) is 43.7 Å². The lowest BCUT2D eigenvalue weighted by Crippen LogP contribution is -2.38. The average molecular weight is 215 g/mol. The molecule has 0 heterocycles. The number of nitrogens with zero attached hydrogens (tertiary/aromatic N) is 1. The van der Waals surface area contributed by atoms with E-state index in [0.29, 0.717) is 12.0 Å². The van der Waals surface area contributed by atoms with Crippen molar-refractivity contribution in [3.05, 3.63) is 0 Å². The highest BCUT2D eigenvalue weighted by molar-refractivity contribution is 4.68. The second kappa shape index (κ2) is 9.13. The molecule has 0 bridgehead atoms. The monoisotopic (exact) mass is 215 g/mol. The molecule has 0 aliphatic heterocycles. The van der Waals surface area contributed by atoms with Gasteiger partial charge < -0.3 is 16.0 Å². The zero-order valence-electron chi connectivity index (χ0n) is 10.9. The minimum absolute atomic E-state index is 0.290. The maximum Gasteiger partial charge on any atom is 0.0188 e. The van der Waals surface area contributed by atoms with E-state index < -0.39 is 0 Å². The number of hydrogen-bond acceptors (Lipinski definition) is 3. The van der Waals surface area contributed by atoms with Crippen LogP contribution in [0.1, 0.15) is 34.1 Å². The molecular formula is C12H29N3. The molecule has 0 spiro atoms. The smallest absolute Gasteiger partial charge is 0.0188 e. The van der Waals surface area contributed by atoms with Gasteiger partial charge in [0.15, 0.2) is 0 Å². The van der Waals surface area contributed by atoms with Gasteiger partial charge in [0.1, 0.15) is 0 Å². The number of nitrogens with one attached hydrogen (secondary N) is 1. The van der Waals surface area contributed by atoms with E-state index in [4.69, 9.17) is 5.73 Å². The van der Waals surface area contributed by atoms with E-state index in [1.807, 2.05) is 0 Å². The molecule has 92 valence electrons. The molecule has 0 aliphatic carbocycles. The molecule has 0 fully saturated rings. The topological polar surface area (TPSA) is 41.3 Å². The van der Waals surface area contributed by atoms with Crippen molar-refractivity contribution < 1.29 is 0 Å². The molecule has 3 nitrogen and oxygen atoms in total. The molecule has 0 aromatic carbocycles. The van der Waals surface area contributed by atoms with Crippen molar-refractivity contribution in [1.29, 1.82) is 0 Å². The second-order valence-corrected chi connectivity index (χ2v) is 4.49. The summed E-state index contributed by atoms with van der Waals surface area (Å²) in [6.45, 7) is 14.3. The Bertz CT molecular complexity index is 129. The summed E-state index contributed by atoms with van der Waals surface area (Å²) in [5, 5.41) is 3.42. The van der Waals surface area contributed by atoms with E-state index >= 15 is 0 Å². The lowest BCUT2D eigenvalue weighted by molar-refractivity contribution is 0.297. The zero-order valence-corrected chi connectivity index (χ0v) is 10.9. The van der Waals surface area contributed by atoms with Gasteiger partial charge in [-0.25, -0.2) is 0 Å². The fourth-order valence-electron chi connectivity index (χ4n) is 1.47. The van der Waals surface area contributed by atoms with E-state index in [1.54, 1.807) is 0 Å². The van der Waals surface area contributed by atoms with Crippen LogP contribution in [-0.2, 0) is 0 Å². The average Bonchev–Trinajstić information content (AvgIpc) is 2.23. The minimum Gasteiger partial charge on any atom is -0.326 e. The Labute approximate surface area is 95.4 Å². The van der Waals surface area contributed by atoms with Crippen molar-refractivity contribution in [3.63, 3.8) is 0 Å². The quantitative estimate of drug-likeness (QED) is 0.570. The Morgan fingerprint density at radius 2 is 1.80 bits per heavy atom. The lowest BCUT2D eigenvalue weighted by Gasteiger charge is -2.19. The van der Waals surface area contributed by atoms with E-state index in [1.165, 1.54) is 13.0 Å². The van der Waals surface area contributed by atoms with Crippen LogP contribution < -0.4 is 11.1 Å². The van der Waals surface area contributed by atoms with Gasteiger partial charge in [-0.05, 0) is 38.5 Å². The molecule has 3 heteroatoms. The van der Waals surface area contributed by atoms with Crippen molar-refractivity contribution in [2.75, 3.05) is 32.7 Å². The summed E-state index contributed by atoms with van der Waals surface area (Å²) in [5.74, 6) is 0.570. The van der Waals surface area contributed by atoms with Gasteiger partial charge in [0, 0.05) is 12.6 Å². The Hall–Kier alpha value is -0.120. The fourth-order valence-corrected chi connectivity index (χ4v) is 1.47. The highest BCUT2D eigenvalue weighted by atomic mass is 15.1. The first-order chi connectivity index (χ1) is 7.11. The second-order valence-electron chi connectivity index (χ2n) is 4.49. The first-order valence-electron chi connectivity index (χ1n) is 6.30. The van der Waals surface area contributed by atoms with E-state index in [0.717, 1.165) is 26.2 Å². The Balaban J connectivity index is 3.31. The third-order valence-electron chi connectivity index (χ3n) is 2.96. The van der Waals surface area contributed by atoms with Crippen LogP contribution in [0.2, 0.25) is 0 Å². The van der Waals surface area contributed by atoms with Crippen molar-refractivity contribution in [2.24, 2.45) is 11.7 Å². The van der Waals surface area contributed by atoms with Gasteiger partial charge >= 0.3 is 0 Å². The number of nitrogens with two attached hydrogens (primary N) is 1. The van der Waals surface area contributed by atoms with E-state index in [-0.39, 0.29) is 0 Å². The maximum atomic E-state index is 5.94. The third kappa shape index (κ3) is 7.77. The predicted octanol–water partition coefficient (Wildman–Crippen LogP) is 1.29. The molecule has 0 aromatic heterocycles. The van der Waals surface area contributed by atoms with Gasteiger partial charge in [-0.1, -0.05) is 27.7 Å². The van der Waals surface area contributed by atoms with Crippen molar-refractivity contribution >= 4 is 0 Å². The largest absolute Gasteiger partial charge is 0.326 e. The van der Waals surface area contributed by atoms with Crippen LogP contribution in [0.15, 0.2) is 0 Å². The molecule has 1 atom stereocenters. The molecule has 0 aliphatic rings.